The van der Waals surface area contributed by atoms with E-state index in [9.17, 15) is 18.3 Å². The Hall–Kier alpha value is -1.53. The Morgan fingerprint density at radius 3 is 2.41 bits per heavy atom. The third-order valence-electron chi connectivity index (χ3n) is 3.16. The zero-order chi connectivity index (χ0) is 16.3. The van der Waals surface area contributed by atoms with Gasteiger partial charge in [-0.25, -0.2) is 0 Å². The van der Waals surface area contributed by atoms with Crippen LogP contribution in [0, 0.1) is 0 Å². The molecular formula is C16H15BrF3NO. The lowest BCUT2D eigenvalue weighted by atomic mass is 10.1. The fourth-order valence-corrected chi connectivity index (χ4v) is 2.62. The lowest BCUT2D eigenvalue weighted by Gasteiger charge is -2.19. The number of benzene rings is 2. The Morgan fingerprint density at radius 2 is 1.77 bits per heavy atom. The molecule has 2 nitrogen and oxygen atoms in total. The van der Waals surface area contributed by atoms with Gasteiger partial charge in [-0.2, -0.15) is 13.2 Å². The molecule has 0 saturated heterocycles. The van der Waals surface area contributed by atoms with Crippen molar-refractivity contribution in [1.29, 1.82) is 0 Å². The van der Waals surface area contributed by atoms with Crippen LogP contribution in [0.4, 0.5) is 13.2 Å². The zero-order valence-electron chi connectivity index (χ0n) is 11.9. The molecule has 0 spiro atoms. The van der Waals surface area contributed by atoms with Crippen molar-refractivity contribution in [2.45, 2.75) is 19.3 Å². The van der Waals surface area contributed by atoms with Crippen molar-refractivity contribution in [3.8, 4) is 5.75 Å². The minimum absolute atomic E-state index is 0.304. The second-order valence-corrected chi connectivity index (χ2v) is 6.00. The highest BCUT2D eigenvalue weighted by molar-refractivity contribution is 9.10. The Morgan fingerprint density at radius 1 is 1.09 bits per heavy atom. The van der Waals surface area contributed by atoms with Crippen molar-refractivity contribution in [1.82, 2.24) is 4.90 Å². The summed E-state index contributed by atoms with van der Waals surface area (Å²) in [6.07, 6.45) is -4.46. The number of aromatic hydroxyl groups is 1. The molecule has 0 aliphatic rings. The summed E-state index contributed by atoms with van der Waals surface area (Å²) >= 11 is 3.44. The van der Waals surface area contributed by atoms with Gasteiger partial charge in [0, 0.05) is 17.6 Å². The van der Waals surface area contributed by atoms with Crippen molar-refractivity contribution in [3.63, 3.8) is 0 Å². The van der Waals surface area contributed by atoms with Gasteiger partial charge in [-0.3, -0.25) is 4.90 Å². The quantitative estimate of drug-likeness (QED) is 0.831. The van der Waals surface area contributed by atoms with Gasteiger partial charge in [0.25, 0.3) is 0 Å². The van der Waals surface area contributed by atoms with E-state index >= 15 is 0 Å². The van der Waals surface area contributed by atoms with Crippen LogP contribution >= 0.6 is 15.9 Å². The standard InChI is InChI=1S/C16H15BrF3NO/c1-21(10-12-4-2-3-5-15(12)17)9-11-6-13(16(18,19)20)8-14(22)7-11/h2-8,22H,9-10H2,1H3. The third-order valence-corrected chi connectivity index (χ3v) is 3.93. The van der Waals surface area contributed by atoms with E-state index in [0.29, 0.717) is 18.7 Å². The van der Waals surface area contributed by atoms with E-state index < -0.39 is 11.7 Å². The molecule has 2 aromatic rings. The lowest BCUT2D eigenvalue weighted by molar-refractivity contribution is -0.137. The number of halogens is 4. The number of hydrogen-bond acceptors (Lipinski definition) is 2. The Kier molecular flexibility index (Phi) is 5.13. The van der Waals surface area contributed by atoms with Gasteiger partial charge in [-0.1, -0.05) is 34.1 Å². The summed E-state index contributed by atoms with van der Waals surface area (Å²) < 4.78 is 39.2. The maximum absolute atomic E-state index is 12.8. The molecule has 0 aliphatic heterocycles. The van der Waals surface area contributed by atoms with Crippen LogP contribution in [0.3, 0.4) is 0 Å². The largest absolute Gasteiger partial charge is 0.508 e. The lowest BCUT2D eigenvalue weighted by Crippen LogP contribution is -2.18. The first-order chi connectivity index (χ1) is 10.3. The van der Waals surface area contributed by atoms with Gasteiger partial charge in [0.1, 0.15) is 5.75 Å². The summed E-state index contributed by atoms with van der Waals surface area (Å²) in [7, 11) is 1.82. The maximum atomic E-state index is 12.8. The monoisotopic (exact) mass is 373 g/mol. The highest BCUT2D eigenvalue weighted by Gasteiger charge is 2.31. The first-order valence-corrected chi connectivity index (χ1v) is 7.37. The smallest absolute Gasteiger partial charge is 0.416 e. The zero-order valence-corrected chi connectivity index (χ0v) is 13.4. The minimum atomic E-state index is -4.46. The first kappa shape index (κ1) is 16.8. The number of phenols is 1. The van der Waals surface area contributed by atoms with Crippen LogP contribution in [0.1, 0.15) is 16.7 Å². The molecule has 6 heteroatoms. The molecular weight excluding hydrogens is 359 g/mol. The predicted octanol–water partition coefficient (Wildman–Crippen LogP) is 4.81. The Labute approximate surface area is 135 Å². The van der Waals surface area contributed by atoms with Gasteiger partial charge in [-0.05, 0) is 42.4 Å². The SMILES string of the molecule is CN(Cc1cc(O)cc(C(F)(F)F)c1)Cc1ccccc1Br. The topological polar surface area (TPSA) is 23.5 Å². The molecule has 0 fully saturated rings. The molecule has 2 aromatic carbocycles. The fraction of sp³-hybridized carbons (Fsp3) is 0.250. The van der Waals surface area contributed by atoms with Crippen LogP contribution in [0.5, 0.6) is 5.75 Å². The van der Waals surface area contributed by atoms with E-state index in [1.165, 1.54) is 6.07 Å². The molecule has 1 N–H and O–H groups in total. The summed E-state index contributed by atoms with van der Waals surface area (Å²) in [5.41, 5.74) is 0.625. The maximum Gasteiger partial charge on any atom is 0.416 e. The molecule has 0 aliphatic carbocycles. The second kappa shape index (κ2) is 6.71. The first-order valence-electron chi connectivity index (χ1n) is 6.58. The van der Waals surface area contributed by atoms with Crippen LogP contribution in [0.25, 0.3) is 0 Å². The molecule has 0 heterocycles. The number of hydrogen-bond donors (Lipinski definition) is 1. The van der Waals surface area contributed by atoms with E-state index in [-0.39, 0.29) is 5.75 Å². The summed E-state index contributed by atoms with van der Waals surface area (Å²) in [6.45, 7) is 0.886. The molecule has 0 amide bonds. The van der Waals surface area contributed by atoms with Gasteiger partial charge in [0.2, 0.25) is 0 Å². The Bertz CT molecular complexity index is 658. The van der Waals surface area contributed by atoms with Crippen LogP contribution < -0.4 is 0 Å². The van der Waals surface area contributed by atoms with Crippen molar-refractivity contribution < 1.29 is 18.3 Å². The van der Waals surface area contributed by atoms with E-state index in [1.807, 2.05) is 36.2 Å². The second-order valence-electron chi connectivity index (χ2n) is 5.15. The fourth-order valence-electron chi connectivity index (χ4n) is 2.21. The van der Waals surface area contributed by atoms with Crippen LogP contribution in [-0.4, -0.2) is 17.1 Å². The summed E-state index contributed by atoms with van der Waals surface area (Å²) in [5.74, 6) is -0.376. The molecule has 0 radical (unpaired) electrons. The highest BCUT2D eigenvalue weighted by Crippen LogP contribution is 2.32. The normalized spacial score (nSPS) is 11.9. The molecule has 0 aromatic heterocycles. The molecule has 0 unspecified atom stereocenters. The van der Waals surface area contributed by atoms with Crippen molar-refractivity contribution in [2.75, 3.05) is 7.05 Å². The van der Waals surface area contributed by atoms with Crippen molar-refractivity contribution >= 4 is 15.9 Å². The minimum Gasteiger partial charge on any atom is -0.508 e. The Balaban J connectivity index is 2.13. The van der Waals surface area contributed by atoms with E-state index in [1.54, 1.807) is 0 Å². The van der Waals surface area contributed by atoms with Crippen LogP contribution in [-0.2, 0) is 19.3 Å². The van der Waals surface area contributed by atoms with Crippen LogP contribution in [0.15, 0.2) is 46.9 Å². The molecule has 0 saturated carbocycles. The predicted molar refractivity (Wildman–Crippen MR) is 82.4 cm³/mol. The number of phenolic OH excluding ortho intramolecular Hbond substituents is 1. The van der Waals surface area contributed by atoms with Gasteiger partial charge < -0.3 is 5.11 Å². The van der Waals surface area contributed by atoms with Crippen LogP contribution in [0.2, 0.25) is 0 Å². The number of nitrogens with zero attached hydrogens (tertiary/aromatic N) is 1. The molecule has 2 rings (SSSR count). The molecule has 22 heavy (non-hydrogen) atoms. The average molecular weight is 374 g/mol. The van der Waals surface area contributed by atoms with Gasteiger partial charge >= 0.3 is 6.18 Å². The summed E-state index contributed by atoms with van der Waals surface area (Å²) in [4.78, 5) is 1.88. The van der Waals surface area contributed by atoms with Gasteiger partial charge in [0.05, 0.1) is 5.56 Å². The number of alkyl halides is 3. The molecule has 0 bridgehead atoms. The van der Waals surface area contributed by atoms with E-state index in [2.05, 4.69) is 15.9 Å². The summed E-state index contributed by atoms with van der Waals surface area (Å²) in [5, 5.41) is 9.48. The van der Waals surface area contributed by atoms with Gasteiger partial charge in [-0.15, -0.1) is 0 Å². The molecule has 0 atom stereocenters. The van der Waals surface area contributed by atoms with Crippen molar-refractivity contribution in [2.24, 2.45) is 0 Å². The van der Waals surface area contributed by atoms with E-state index in [4.69, 9.17) is 0 Å². The highest BCUT2D eigenvalue weighted by atomic mass is 79.9. The van der Waals surface area contributed by atoms with Gasteiger partial charge in [0.15, 0.2) is 0 Å². The molecule has 118 valence electrons. The number of rotatable bonds is 4. The summed E-state index contributed by atoms with van der Waals surface area (Å²) in [6, 6.07) is 10.8. The van der Waals surface area contributed by atoms with E-state index in [0.717, 1.165) is 22.2 Å². The third kappa shape index (κ3) is 4.48. The van der Waals surface area contributed by atoms with Crippen molar-refractivity contribution in [3.05, 3.63) is 63.6 Å². The average Bonchev–Trinajstić information content (AvgIpc) is 2.39.